The Morgan fingerprint density at radius 2 is 1.05 bits per heavy atom. The van der Waals surface area contributed by atoms with Crippen LogP contribution in [0.15, 0.2) is 158 Å². The standard InChI is InChI=1S/C59H52N2SSi/c1-58(2,3)37-26-30-48-45(34-37)42-28-25-36-33-47-41(53(36)55(42)60(48)39-17-11-9-12-18-39)21-15-23-51(47)63(7,8)52-24-16-22-44-54-50(62-57(44)52)32-29-43-46-35-38(59(4,5)6)27-31-49(46)61(56(43)54)40-19-13-10-14-20-40/h9-32,34-35H,33H2,1-8H3. The van der Waals surface area contributed by atoms with Gasteiger partial charge in [0.15, 0.2) is 0 Å². The van der Waals surface area contributed by atoms with Crippen molar-refractivity contribution in [1.29, 1.82) is 0 Å². The van der Waals surface area contributed by atoms with E-state index in [1.165, 1.54) is 114 Å². The van der Waals surface area contributed by atoms with Crippen LogP contribution in [0.1, 0.15) is 63.8 Å². The van der Waals surface area contributed by atoms with Crippen LogP contribution in [0.2, 0.25) is 13.1 Å². The van der Waals surface area contributed by atoms with Crippen LogP contribution in [0.4, 0.5) is 0 Å². The van der Waals surface area contributed by atoms with E-state index in [0.717, 1.165) is 6.42 Å². The van der Waals surface area contributed by atoms with Gasteiger partial charge in [-0.25, -0.2) is 0 Å². The number of thiophene rings is 1. The Balaban J connectivity index is 1.08. The normalized spacial score (nSPS) is 13.3. The molecule has 0 unspecified atom stereocenters. The van der Waals surface area contributed by atoms with Crippen molar-refractivity contribution < 1.29 is 0 Å². The molecule has 0 radical (unpaired) electrons. The van der Waals surface area contributed by atoms with Gasteiger partial charge in [0.2, 0.25) is 0 Å². The molecule has 308 valence electrons. The number of benzene rings is 8. The molecular formula is C59H52N2SSi. The van der Waals surface area contributed by atoms with E-state index in [9.17, 15) is 0 Å². The number of rotatable bonds is 4. The lowest BCUT2D eigenvalue weighted by Crippen LogP contribution is -2.54. The molecule has 1 aliphatic carbocycles. The highest BCUT2D eigenvalue weighted by atomic mass is 32.1. The molecule has 0 atom stereocenters. The van der Waals surface area contributed by atoms with E-state index in [2.05, 4.69) is 221 Å². The van der Waals surface area contributed by atoms with Gasteiger partial charge in [0, 0.05) is 58.7 Å². The van der Waals surface area contributed by atoms with Gasteiger partial charge in [-0.2, -0.15) is 0 Å². The zero-order valence-electron chi connectivity index (χ0n) is 37.5. The molecule has 4 heteroatoms. The van der Waals surface area contributed by atoms with Crippen molar-refractivity contribution in [2.24, 2.45) is 0 Å². The second-order valence-electron chi connectivity index (χ2n) is 20.6. The second kappa shape index (κ2) is 13.4. The largest absolute Gasteiger partial charge is 0.309 e. The van der Waals surface area contributed by atoms with E-state index < -0.39 is 8.07 Å². The van der Waals surface area contributed by atoms with Crippen LogP contribution in [0.25, 0.3) is 86.3 Å². The summed E-state index contributed by atoms with van der Waals surface area (Å²) in [6.07, 6.45) is 0.952. The number of para-hydroxylation sites is 2. The van der Waals surface area contributed by atoms with Gasteiger partial charge in [0.1, 0.15) is 8.07 Å². The molecule has 0 saturated carbocycles. The number of hydrogen-bond donors (Lipinski definition) is 0. The summed E-state index contributed by atoms with van der Waals surface area (Å²) in [4.78, 5) is 0. The van der Waals surface area contributed by atoms with Gasteiger partial charge in [-0.15, -0.1) is 11.3 Å². The van der Waals surface area contributed by atoms with E-state index in [-0.39, 0.29) is 10.8 Å². The molecule has 0 fully saturated rings. The predicted molar refractivity (Wildman–Crippen MR) is 277 cm³/mol. The summed E-state index contributed by atoms with van der Waals surface area (Å²) in [5, 5.41) is 11.1. The third-order valence-corrected chi connectivity index (χ3v) is 19.3. The molecule has 12 rings (SSSR count). The maximum Gasteiger partial charge on any atom is 0.114 e. The zero-order chi connectivity index (χ0) is 43.2. The average molecular weight is 849 g/mol. The molecule has 0 aliphatic heterocycles. The van der Waals surface area contributed by atoms with Crippen LogP contribution >= 0.6 is 11.3 Å². The van der Waals surface area contributed by atoms with E-state index >= 15 is 0 Å². The molecule has 0 saturated heterocycles. The first-order chi connectivity index (χ1) is 30.3. The average Bonchev–Trinajstić information content (AvgIpc) is 4.03. The molecule has 0 spiro atoms. The van der Waals surface area contributed by atoms with Crippen LogP contribution < -0.4 is 10.4 Å². The van der Waals surface area contributed by atoms with Crippen LogP contribution in [0.3, 0.4) is 0 Å². The van der Waals surface area contributed by atoms with Crippen LogP contribution in [0.5, 0.6) is 0 Å². The van der Waals surface area contributed by atoms with E-state index in [1.807, 2.05) is 11.3 Å². The summed E-state index contributed by atoms with van der Waals surface area (Å²) in [7, 11) is -2.29. The van der Waals surface area contributed by atoms with E-state index in [4.69, 9.17) is 0 Å². The Hall–Kier alpha value is -6.20. The fraction of sp³-hybridized carbons (Fsp3) is 0.186. The summed E-state index contributed by atoms with van der Waals surface area (Å²) >= 11 is 1.99. The molecular weight excluding hydrogens is 797 g/mol. The highest BCUT2D eigenvalue weighted by molar-refractivity contribution is 7.28. The topological polar surface area (TPSA) is 9.86 Å². The number of nitrogens with zero attached hydrogens (tertiary/aromatic N) is 2. The SMILES string of the molecule is CC(C)(C)c1ccc2c(c1)c1ccc3c(c1n2-c1ccccc1)-c1cccc([Si](C)(C)c2cccc4c2sc2ccc5c6cc(C(C)(C)C)ccc6n(-c6ccccc6)c5c24)c1C3. The summed E-state index contributed by atoms with van der Waals surface area (Å²) in [6, 6.07) is 60.3. The Bertz CT molecular complexity index is 3680. The van der Waals surface area contributed by atoms with Crippen LogP contribution in [-0.2, 0) is 17.3 Å². The minimum atomic E-state index is -2.29. The second-order valence-corrected chi connectivity index (χ2v) is 25.9. The fourth-order valence-electron chi connectivity index (χ4n) is 11.0. The lowest BCUT2D eigenvalue weighted by Gasteiger charge is -2.27. The first-order valence-corrected chi connectivity index (χ1v) is 26.4. The fourth-order valence-corrected chi connectivity index (χ4v) is 16.1. The summed E-state index contributed by atoms with van der Waals surface area (Å²) in [5.41, 5.74) is 16.2. The molecule has 11 aromatic rings. The smallest absolute Gasteiger partial charge is 0.114 e. The Labute approximate surface area is 375 Å². The van der Waals surface area contributed by atoms with Gasteiger partial charge in [0.05, 0.1) is 22.1 Å². The lowest BCUT2D eigenvalue weighted by molar-refractivity contribution is 0.591. The van der Waals surface area contributed by atoms with Crippen molar-refractivity contribution >= 4 is 93.6 Å². The van der Waals surface area contributed by atoms with Crippen molar-refractivity contribution in [3.05, 3.63) is 180 Å². The van der Waals surface area contributed by atoms with E-state index in [0.29, 0.717) is 0 Å². The summed E-state index contributed by atoms with van der Waals surface area (Å²) in [5.74, 6) is 0. The van der Waals surface area contributed by atoms with Gasteiger partial charge in [-0.05, 0) is 105 Å². The van der Waals surface area contributed by atoms with Gasteiger partial charge >= 0.3 is 0 Å². The van der Waals surface area contributed by atoms with Gasteiger partial charge in [-0.1, -0.05) is 163 Å². The molecule has 0 amide bonds. The molecule has 8 aromatic carbocycles. The quantitative estimate of drug-likeness (QED) is 0.156. The third kappa shape index (κ3) is 5.60. The van der Waals surface area contributed by atoms with Gasteiger partial charge in [0.25, 0.3) is 0 Å². The van der Waals surface area contributed by atoms with E-state index in [1.54, 1.807) is 5.19 Å². The Morgan fingerprint density at radius 1 is 0.492 bits per heavy atom. The molecule has 2 nitrogen and oxygen atoms in total. The van der Waals surface area contributed by atoms with Crippen molar-refractivity contribution in [3.63, 3.8) is 0 Å². The number of fused-ring (bicyclic) bond motifs is 14. The molecule has 0 N–H and O–H groups in total. The first-order valence-electron chi connectivity index (χ1n) is 22.6. The highest BCUT2D eigenvalue weighted by Gasteiger charge is 2.36. The third-order valence-electron chi connectivity index (χ3n) is 14.3. The Morgan fingerprint density at radius 3 is 1.67 bits per heavy atom. The highest BCUT2D eigenvalue weighted by Crippen LogP contribution is 2.47. The molecule has 63 heavy (non-hydrogen) atoms. The van der Waals surface area contributed by atoms with Crippen molar-refractivity contribution in [1.82, 2.24) is 9.13 Å². The maximum atomic E-state index is 2.60. The maximum absolute atomic E-state index is 2.60. The first kappa shape index (κ1) is 38.5. The summed E-state index contributed by atoms with van der Waals surface area (Å²) in [6.45, 7) is 19.1. The van der Waals surface area contributed by atoms with Crippen LogP contribution in [-0.4, -0.2) is 17.2 Å². The molecule has 0 bridgehead atoms. The predicted octanol–water partition coefficient (Wildman–Crippen LogP) is 15.2. The minimum absolute atomic E-state index is 0.0567. The van der Waals surface area contributed by atoms with Crippen LogP contribution in [0, 0.1) is 0 Å². The Kier molecular flexibility index (Phi) is 8.19. The van der Waals surface area contributed by atoms with Gasteiger partial charge < -0.3 is 9.13 Å². The lowest BCUT2D eigenvalue weighted by atomic mass is 9.86. The van der Waals surface area contributed by atoms with Gasteiger partial charge in [-0.3, -0.25) is 0 Å². The van der Waals surface area contributed by atoms with Crippen molar-refractivity contribution in [2.75, 3.05) is 0 Å². The number of hydrogen-bond acceptors (Lipinski definition) is 1. The zero-order valence-corrected chi connectivity index (χ0v) is 39.3. The monoisotopic (exact) mass is 848 g/mol. The van der Waals surface area contributed by atoms with Crippen molar-refractivity contribution in [3.8, 4) is 22.5 Å². The summed E-state index contributed by atoms with van der Waals surface area (Å²) < 4.78 is 7.85. The molecule has 3 heterocycles. The molecule has 1 aliphatic rings. The minimum Gasteiger partial charge on any atom is -0.309 e. The number of aromatic nitrogens is 2. The molecule has 3 aromatic heterocycles. The van der Waals surface area contributed by atoms with Crippen molar-refractivity contribution in [2.45, 2.75) is 71.9 Å².